The molecule has 0 amide bonds. The van der Waals surface area contributed by atoms with Crippen LogP contribution in [0.25, 0.3) is 0 Å². The minimum absolute atomic E-state index is 0.0321. The average molecular weight is 426 g/mol. The number of hydrogen-bond donors (Lipinski definition) is 2. The third-order valence-corrected chi connectivity index (χ3v) is 4.33. The van der Waals surface area contributed by atoms with Crippen LogP contribution in [0.3, 0.4) is 0 Å². The van der Waals surface area contributed by atoms with Gasteiger partial charge in [-0.3, -0.25) is 4.99 Å². The van der Waals surface area contributed by atoms with Gasteiger partial charge in [-0.25, -0.2) is 0 Å². The Bertz CT molecular complexity index is 864. The van der Waals surface area contributed by atoms with E-state index in [1.807, 2.05) is 13.8 Å². The Hall–Kier alpha value is -2.71. The number of aliphatic imine (C=N–C) groups is 1. The highest BCUT2D eigenvalue weighted by Crippen LogP contribution is 2.35. The van der Waals surface area contributed by atoms with Crippen molar-refractivity contribution in [3.8, 4) is 5.75 Å². The van der Waals surface area contributed by atoms with E-state index in [1.54, 1.807) is 33.9 Å². The molecule has 1 heterocycles. The van der Waals surface area contributed by atoms with Crippen LogP contribution >= 0.6 is 0 Å². The van der Waals surface area contributed by atoms with Crippen LogP contribution in [0.2, 0.25) is 0 Å². The molecule has 0 aliphatic heterocycles. The summed E-state index contributed by atoms with van der Waals surface area (Å²) in [4.78, 5) is 4.07. The van der Waals surface area contributed by atoms with E-state index in [2.05, 4.69) is 20.8 Å². The summed E-state index contributed by atoms with van der Waals surface area (Å²) in [5.41, 5.74) is 0.618. The summed E-state index contributed by atoms with van der Waals surface area (Å²) in [6.07, 6.45) is -3.83. The lowest BCUT2D eigenvalue weighted by atomic mass is 10.1. The van der Waals surface area contributed by atoms with Gasteiger partial charge in [-0.05, 0) is 58.7 Å². The number of aromatic nitrogens is 1. The predicted octanol–water partition coefficient (Wildman–Crippen LogP) is 4.40. The average Bonchev–Trinajstić information content (AvgIpc) is 2.95. The van der Waals surface area contributed by atoms with E-state index in [-0.39, 0.29) is 17.9 Å². The molecule has 9 heteroatoms. The number of hydrogen-bond acceptors (Lipinski definition) is 4. The molecule has 1 aromatic heterocycles. The van der Waals surface area contributed by atoms with E-state index in [1.165, 1.54) is 6.07 Å². The lowest BCUT2D eigenvalue weighted by Crippen LogP contribution is -2.38. The Morgan fingerprint density at radius 1 is 1.17 bits per heavy atom. The highest BCUT2D eigenvalue weighted by atomic mass is 19.4. The minimum atomic E-state index is -4.49. The fourth-order valence-electron chi connectivity index (χ4n) is 2.95. The van der Waals surface area contributed by atoms with Crippen molar-refractivity contribution < 1.29 is 22.4 Å². The van der Waals surface area contributed by atoms with E-state index >= 15 is 0 Å². The molecule has 30 heavy (non-hydrogen) atoms. The van der Waals surface area contributed by atoms with Gasteiger partial charge in [-0.1, -0.05) is 11.2 Å². The topological polar surface area (TPSA) is 71.7 Å². The summed E-state index contributed by atoms with van der Waals surface area (Å²) in [7, 11) is 1.57. The second-order valence-electron chi connectivity index (χ2n) is 7.94. The second kappa shape index (κ2) is 9.40. The second-order valence-corrected chi connectivity index (χ2v) is 7.94. The molecule has 0 saturated heterocycles. The fraction of sp³-hybridized carbons (Fsp3) is 0.524. The van der Waals surface area contributed by atoms with Crippen molar-refractivity contribution in [2.75, 3.05) is 13.6 Å². The molecular formula is C21H29F3N4O2. The summed E-state index contributed by atoms with van der Waals surface area (Å²) < 4.78 is 51.4. The first-order valence-electron chi connectivity index (χ1n) is 9.66. The number of ether oxygens (including phenoxy) is 1. The van der Waals surface area contributed by atoms with Crippen LogP contribution in [0, 0.1) is 13.8 Å². The van der Waals surface area contributed by atoms with Gasteiger partial charge in [-0.15, -0.1) is 0 Å². The van der Waals surface area contributed by atoms with Crippen molar-refractivity contribution in [3.63, 3.8) is 0 Å². The molecule has 0 unspecified atom stereocenters. The summed E-state index contributed by atoms with van der Waals surface area (Å²) in [6.45, 7) is 9.57. The number of rotatable bonds is 6. The Kier molecular flexibility index (Phi) is 7.39. The molecule has 2 rings (SSSR count). The van der Waals surface area contributed by atoms with E-state index in [0.29, 0.717) is 18.9 Å². The molecule has 0 aliphatic rings. The molecule has 6 nitrogen and oxygen atoms in total. The molecule has 0 spiro atoms. The van der Waals surface area contributed by atoms with Gasteiger partial charge in [-0.2, -0.15) is 13.2 Å². The van der Waals surface area contributed by atoms with Crippen LogP contribution < -0.4 is 15.4 Å². The SMILES string of the molecule is CN=C(NCCc1c(C)noc1C)NCc1ccc(OC(C)(C)C)cc1C(F)(F)F. The Morgan fingerprint density at radius 2 is 1.87 bits per heavy atom. The first kappa shape index (κ1) is 23.6. The number of nitrogens with zero attached hydrogens (tertiary/aromatic N) is 2. The number of guanidine groups is 1. The number of alkyl halides is 3. The highest BCUT2D eigenvalue weighted by molar-refractivity contribution is 5.79. The van der Waals surface area contributed by atoms with Gasteiger partial charge in [0.15, 0.2) is 5.96 Å². The molecule has 2 N–H and O–H groups in total. The smallest absolute Gasteiger partial charge is 0.416 e. The zero-order valence-electron chi connectivity index (χ0n) is 18.2. The van der Waals surface area contributed by atoms with Crippen LogP contribution in [-0.2, 0) is 19.1 Å². The van der Waals surface area contributed by atoms with Gasteiger partial charge < -0.3 is 19.9 Å². The summed E-state index contributed by atoms with van der Waals surface area (Å²) >= 11 is 0. The molecule has 166 valence electrons. The first-order chi connectivity index (χ1) is 13.9. The zero-order chi connectivity index (χ0) is 22.5. The maximum atomic E-state index is 13.6. The van der Waals surface area contributed by atoms with E-state index in [9.17, 15) is 13.2 Å². The summed E-state index contributed by atoms with van der Waals surface area (Å²) in [5, 5.41) is 9.94. The number of aryl methyl sites for hydroxylation is 2. The summed E-state index contributed by atoms with van der Waals surface area (Å²) in [6, 6.07) is 4.01. The van der Waals surface area contributed by atoms with Crippen molar-refractivity contribution in [1.29, 1.82) is 0 Å². The maximum Gasteiger partial charge on any atom is 0.416 e. The first-order valence-corrected chi connectivity index (χ1v) is 9.66. The Balaban J connectivity index is 2.03. The molecule has 0 radical (unpaired) electrons. The van der Waals surface area contributed by atoms with E-state index in [0.717, 1.165) is 23.1 Å². The van der Waals surface area contributed by atoms with Gasteiger partial charge >= 0.3 is 6.18 Å². The van der Waals surface area contributed by atoms with Gasteiger partial charge in [0.25, 0.3) is 0 Å². The Labute approximate surface area is 174 Å². The van der Waals surface area contributed by atoms with Gasteiger partial charge in [0, 0.05) is 25.7 Å². The maximum absolute atomic E-state index is 13.6. The van der Waals surface area contributed by atoms with E-state index < -0.39 is 17.3 Å². The number of benzene rings is 1. The highest BCUT2D eigenvalue weighted by Gasteiger charge is 2.34. The summed E-state index contributed by atoms with van der Waals surface area (Å²) in [5.74, 6) is 1.34. The normalized spacial score (nSPS) is 12.8. The fourth-order valence-corrected chi connectivity index (χ4v) is 2.95. The van der Waals surface area contributed by atoms with Crippen molar-refractivity contribution in [2.24, 2.45) is 4.99 Å². The third-order valence-electron chi connectivity index (χ3n) is 4.33. The number of nitrogens with one attached hydrogen (secondary N) is 2. The molecule has 2 aromatic rings. The van der Waals surface area contributed by atoms with Crippen LogP contribution in [-0.4, -0.2) is 30.3 Å². The van der Waals surface area contributed by atoms with Crippen molar-refractivity contribution in [3.05, 3.63) is 46.3 Å². The van der Waals surface area contributed by atoms with Crippen molar-refractivity contribution in [1.82, 2.24) is 15.8 Å². The van der Waals surface area contributed by atoms with Gasteiger partial charge in [0.1, 0.15) is 17.1 Å². The quantitative estimate of drug-likeness (QED) is 0.529. The molecule has 0 bridgehead atoms. The standard InChI is InChI=1S/C21H29F3N4O2/c1-13-17(14(2)30-28-13)9-10-26-19(25-6)27-12-15-7-8-16(29-20(3,4)5)11-18(15)21(22,23)24/h7-8,11H,9-10,12H2,1-6H3,(H2,25,26,27). The third kappa shape index (κ3) is 6.67. The predicted molar refractivity (Wildman–Crippen MR) is 110 cm³/mol. The number of halogens is 3. The van der Waals surface area contributed by atoms with Crippen LogP contribution in [0.15, 0.2) is 27.7 Å². The monoisotopic (exact) mass is 426 g/mol. The van der Waals surface area contributed by atoms with Crippen LogP contribution in [0.5, 0.6) is 5.75 Å². The lowest BCUT2D eigenvalue weighted by Gasteiger charge is -2.23. The minimum Gasteiger partial charge on any atom is -0.488 e. The van der Waals surface area contributed by atoms with Crippen molar-refractivity contribution >= 4 is 5.96 Å². The Morgan fingerprint density at radius 3 is 2.40 bits per heavy atom. The zero-order valence-corrected chi connectivity index (χ0v) is 18.2. The molecule has 0 aliphatic carbocycles. The van der Waals surface area contributed by atoms with Gasteiger partial charge in [0.05, 0.1) is 11.3 Å². The van der Waals surface area contributed by atoms with Crippen LogP contribution in [0.1, 0.15) is 48.9 Å². The molecule has 0 atom stereocenters. The molecular weight excluding hydrogens is 397 g/mol. The molecule has 0 saturated carbocycles. The molecule has 1 aromatic carbocycles. The van der Waals surface area contributed by atoms with E-state index in [4.69, 9.17) is 9.26 Å². The lowest BCUT2D eigenvalue weighted by molar-refractivity contribution is -0.138. The van der Waals surface area contributed by atoms with Gasteiger partial charge in [0.2, 0.25) is 0 Å². The van der Waals surface area contributed by atoms with Crippen molar-refractivity contribution in [2.45, 2.75) is 59.4 Å². The van der Waals surface area contributed by atoms with Crippen LogP contribution in [0.4, 0.5) is 13.2 Å². The molecule has 0 fully saturated rings. The largest absolute Gasteiger partial charge is 0.488 e.